The van der Waals surface area contributed by atoms with Gasteiger partial charge < -0.3 is 5.32 Å². The van der Waals surface area contributed by atoms with Crippen LogP contribution in [-0.4, -0.2) is 21.4 Å². The molecule has 5 nitrogen and oxygen atoms in total. The van der Waals surface area contributed by atoms with E-state index >= 15 is 0 Å². The Morgan fingerprint density at radius 3 is 2.26 bits per heavy atom. The first-order chi connectivity index (χ1) is 10.8. The first kappa shape index (κ1) is 17.7. The Hall–Kier alpha value is -1.60. The highest BCUT2D eigenvalue weighted by molar-refractivity contribution is 7.89. The standard InChI is InChI=1S/C15H14Cl2N2O3S/c1-18-23(21,22)12-5-3-11(4-6-12)15(20)19-9-10-2-7-13(16)14(17)8-10/h2-8,18H,9H2,1H3,(H,19,20). The zero-order valence-corrected chi connectivity index (χ0v) is 14.5. The highest BCUT2D eigenvalue weighted by atomic mass is 35.5. The molecule has 8 heteroatoms. The van der Waals surface area contributed by atoms with E-state index in [0.29, 0.717) is 15.6 Å². The summed E-state index contributed by atoms with van der Waals surface area (Å²) in [4.78, 5) is 12.2. The number of amides is 1. The first-order valence-corrected chi connectivity index (χ1v) is 8.83. The third kappa shape index (κ3) is 4.45. The van der Waals surface area contributed by atoms with Crippen LogP contribution in [0.2, 0.25) is 10.0 Å². The van der Waals surface area contributed by atoms with Gasteiger partial charge in [-0.1, -0.05) is 29.3 Å². The fourth-order valence-corrected chi connectivity index (χ4v) is 2.89. The van der Waals surface area contributed by atoms with Gasteiger partial charge in [0.25, 0.3) is 5.91 Å². The second kappa shape index (κ2) is 7.31. The number of nitrogens with one attached hydrogen (secondary N) is 2. The minimum Gasteiger partial charge on any atom is -0.348 e. The maximum Gasteiger partial charge on any atom is 0.251 e. The molecule has 0 bridgehead atoms. The molecule has 0 radical (unpaired) electrons. The maximum atomic E-state index is 12.1. The summed E-state index contributed by atoms with van der Waals surface area (Å²) in [6.07, 6.45) is 0. The zero-order chi connectivity index (χ0) is 17.0. The molecule has 0 atom stereocenters. The monoisotopic (exact) mass is 372 g/mol. The molecule has 2 rings (SSSR count). The predicted molar refractivity (Wildman–Crippen MR) is 90.3 cm³/mol. The van der Waals surface area contributed by atoms with E-state index in [4.69, 9.17) is 23.2 Å². The van der Waals surface area contributed by atoms with Crippen molar-refractivity contribution in [3.8, 4) is 0 Å². The van der Waals surface area contributed by atoms with E-state index in [9.17, 15) is 13.2 Å². The van der Waals surface area contributed by atoms with Crippen molar-refractivity contribution in [1.82, 2.24) is 10.0 Å². The molecule has 2 N–H and O–H groups in total. The summed E-state index contributed by atoms with van der Waals surface area (Å²) in [6.45, 7) is 0.284. The Kier molecular flexibility index (Phi) is 5.64. The number of hydrogen-bond acceptors (Lipinski definition) is 3. The summed E-state index contributed by atoms with van der Waals surface area (Å²) in [6, 6.07) is 10.7. The fourth-order valence-electron chi connectivity index (χ4n) is 1.84. The molecule has 0 saturated carbocycles. The van der Waals surface area contributed by atoms with Crippen molar-refractivity contribution in [3.63, 3.8) is 0 Å². The lowest BCUT2D eigenvalue weighted by Crippen LogP contribution is -2.23. The van der Waals surface area contributed by atoms with Gasteiger partial charge in [0.2, 0.25) is 10.0 Å². The minimum absolute atomic E-state index is 0.0982. The van der Waals surface area contributed by atoms with Crippen LogP contribution in [0.3, 0.4) is 0 Å². The lowest BCUT2D eigenvalue weighted by atomic mass is 10.2. The molecule has 0 aromatic heterocycles. The normalized spacial score (nSPS) is 11.3. The highest BCUT2D eigenvalue weighted by Crippen LogP contribution is 2.22. The molecule has 2 aromatic carbocycles. The van der Waals surface area contributed by atoms with Gasteiger partial charge in [-0.15, -0.1) is 0 Å². The molecule has 0 saturated heterocycles. The van der Waals surface area contributed by atoms with Gasteiger partial charge in [-0.25, -0.2) is 13.1 Å². The Balaban J connectivity index is 2.05. The number of carbonyl (C=O) groups is 1. The first-order valence-electron chi connectivity index (χ1n) is 6.59. The Morgan fingerprint density at radius 2 is 1.70 bits per heavy atom. The highest BCUT2D eigenvalue weighted by Gasteiger charge is 2.12. The van der Waals surface area contributed by atoms with Crippen molar-refractivity contribution in [2.24, 2.45) is 0 Å². The molecular formula is C15H14Cl2N2O3S. The van der Waals surface area contributed by atoms with E-state index in [2.05, 4.69) is 10.0 Å². The topological polar surface area (TPSA) is 75.3 Å². The second-order valence-corrected chi connectivity index (χ2v) is 7.36. The molecular weight excluding hydrogens is 359 g/mol. The van der Waals surface area contributed by atoms with Gasteiger partial charge in [0.1, 0.15) is 0 Å². The summed E-state index contributed by atoms with van der Waals surface area (Å²) in [5.41, 5.74) is 1.17. The predicted octanol–water partition coefficient (Wildman–Crippen LogP) is 2.83. The van der Waals surface area contributed by atoms with Crippen LogP contribution in [0.5, 0.6) is 0 Å². The molecule has 0 aliphatic rings. The largest absolute Gasteiger partial charge is 0.348 e. The lowest BCUT2D eigenvalue weighted by molar-refractivity contribution is 0.0951. The molecule has 0 heterocycles. The molecule has 2 aromatic rings. The minimum atomic E-state index is -3.51. The Morgan fingerprint density at radius 1 is 1.04 bits per heavy atom. The van der Waals surface area contributed by atoms with E-state index in [1.165, 1.54) is 31.3 Å². The van der Waals surface area contributed by atoms with Crippen LogP contribution in [-0.2, 0) is 16.6 Å². The summed E-state index contributed by atoms with van der Waals surface area (Å²) in [5, 5.41) is 3.59. The lowest BCUT2D eigenvalue weighted by Gasteiger charge is -2.07. The van der Waals surface area contributed by atoms with E-state index in [0.717, 1.165) is 5.56 Å². The molecule has 23 heavy (non-hydrogen) atoms. The van der Waals surface area contributed by atoms with Gasteiger partial charge in [0.05, 0.1) is 14.9 Å². The molecule has 0 fully saturated rings. The van der Waals surface area contributed by atoms with Crippen molar-refractivity contribution < 1.29 is 13.2 Å². The van der Waals surface area contributed by atoms with E-state index in [-0.39, 0.29) is 17.3 Å². The fraction of sp³-hybridized carbons (Fsp3) is 0.133. The molecule has 0 aliphatic carbocycles. The Labute approximate surface area is 144 Å². The third-order valence-electron chi connectivity index (χ3n) is 3.13. The third-order valence-corrected chi connectivity index (χ3v) is 5.30. The molecule has 0 spiro atoms. The Bertz CT molecular complexity index is 821. The van der Waals surface area contributed by atoms with Crippen LogP contribution in [0.4, 0.5) is 0 Å². The van der Waals surface area contributed by atoms with Gasteiger partial charge in [0, 0.05) is 12.1 Å². The number of benzene rings is 2. The summed E-state index contributed by atoms with van der Waals surface area (Å²) in [7, 11) is -2.19. The number of sulfonamides is 1. The van der Waals surface area contributed by atoms with Crippen molar-refractivity contribution in [2.75, 3.05) is 7.05 Å². The van der Waals surface area contributed by atoms with Crippen LogP contribution in [0, 0.1) is 0 Å². The van der Waals surface area contributed by atoms with Gasteiger partial charge in [-0.05, 0) is 49.0 Å². The van der Waals surface area contributed by atoms with Crippen molar-refractivity contribution >= 4 is 39.1 Å². The van der Waals surface area contributed by atoms with Gasteiger partial charge >= 0.3 is 0 Å². The smallest absolute Gasteiger partial charge is 0.251 e. The number of hydrogen-bond donors (Lipinski definition) is 2. The van der Waals surface area contributed by atoms with Gasteiger partial charge in [-0.3, -0.25) is 4.79 Å². The average molecular weight is 373 g/mol. The van der Waals surface area contributed by atoms with Crippen molar-refractivity contribution in [1.29, 1.82) is 0 Å². The van der Waals surface area contributed by atoms with Crippen LogP contribution >= 0.6 is 23.2 Å². The zero-order valence-electron chi connectivity index (χ0n) is 12.1. The van der Waals surface area contributed by atoms with E-state index < -0.39 is 10.0 Å². The molecule has 0 unspecified atom stereocenters. The number of halogens is 2. The number of rotatable bonds is 5. The molecule has 0 aliphatic heterocycles. The maximum absolute atomic E-state index is 12.1. The van der Waals surface area contributed by atoms with Gasteiger partial charge in [0.15, 0.2) is 0 Å². The van der Waals surface area contributed by atoms with Crippen LogP contribution in [0.1, 0.15) is 15.9 Å². The van der Waals surface area contributed by atoms with E-state index in [1.807, 2.05) is 0 Å². The second-order valence-electron chi connectivity index (χ2n) is 4.66. The quantitative estimate of drug-likeness (QED) is 0.846. The number of carbonyl (C=O) groups excluding carboxylic acids is 1. The molecule has 1 amide bonds. The van der Waals surface area contributed by atoms with Crippen LogP contribution in [0.25, 0.3) is 0 Å². The van der Waals surface area contributed by atoms with Crippen LogP contribution < -0.4 is 10.0 Å². The summed E-state index contributed by atoms with van der Waals surface area (Å²) < 4.78 is 25.4. The van der Waals surface area contributed by atoms with Gasteiger partial charge in [-0.2, -0.15) is 0 Å². The van der Waals surface area contributed by atoms with Crippen LogP contribution in [0.15, 0.2) is 47.4 Å². The van der Waals surface area contributed by atoms with Crippen molar-refractivity contribution in [2.45, 2.75) is 11.4 Å². The summed E-state index contributed by atoms with van der Waals surface area (Å²) >= 11 is 11.7. The van der Waals surface area contributed by atoms with Crippen molar-refractivity contribution in [3.05, 3.63) is 63.6 Å². The van der Waals surface area contributed by atoms with E-state index in [1.54, 1.807) is 18.2 Å². The SMILES string of the molecule is CNS(=O)(=O)c1ccc(C(=O)NCc2ccc(Cl)c(Cl)c2)cc1. The summed E-state index contributed by atoms with van der Waals surface area (Å²) in [5.74, 6) is -0.315. The average Bonchev–Trinajstić information content (AvgIpc) is 2.55. The molecule has 122 valence electrons.